The molecule has 0 saturated carbocycles. The molecule has 0 fully saturated rings. The summed E-state index contributed by atoms with van der Waals surface area (Å²) in [5.74, 6) is 1.28. The van der Waals surface area contributed by atoms with Crippen molar-refractivity contribution in [1.82, 2.24) is 14.9 Å². The van der Waals surface area contributed by atoms with Crippen LogP contribution in [0, 0.1) is 0 Å². The molecule has 2 heterocycles. The first kappa shape index (κ1) is 19.2. The molecule has 9 heteroatoms. The number of aromatic nitrogens is 2. The molecule has 2 aromatic heterocycles. The van der Waals surface area contributed by atoms with Crippen molar-refractivity contribution in [3.8, 4) is 11.5 Å². The second-order valence-corrected chi connectivity index (χ2v) is 7.51. The molecule has 1 amide bonds. The first-order valence-corrected chi connectivity index (χ1v) is 9.94. The van der Waals surface area contributed by atoms with Gasteiger partial charge in [-0.25, -0.2) is 4.98 Å². The SMILES string of the molecule is COc1ccc(CNC(=O)CSc2nc3ccsc3c(=O)n2C)cc1OC. The van der Waals surface area contributed by atoms with Crippen LogP contribution in [-0.2, 0) is 18.4 Å². The van der Waals surface area contributed by atoms with E-state index in [2.05, 4.69) is 10.3 Å². The van der Waals surface area contributed by atoms with Crippen molar-refractivity contribution in [3.63, 3.8) is 0 Å². The fourth-order valence-electron chi connectivity index (χ4n) is 2.47. The van der Waals surface area contributed by atoms with Crippen LogP contribution in [0.2, 0.25) is 0 Å². The Bertz CT molecular complexity index is 1030. The predicted octanol–water partition coefficient (Wildman–Crippen LogP) is 2.42. The summed E-state index contributed by atoms with van der Waals surface area (Å²) in [5, 5.41) is 5.21. The highest BCUT2D eigenvalue weighted by atomic mass is 32.2. The number of rotatable bonds is 7. The Labute approximate surface area is 164 Å². The normalized spacial score (nSPS) is 10.8. The number of benzene rings is 1. The number of methoxy groups -OCH3 is 2. The molecular weight excluding hydrogens is 386 g/mol. The number of hydrogen-bond acceptors (Lipinski definition) is 7. The molecule has 27 heavy (non-hydrogen) atoms. The smallest absolute Gasteiger partial charge is 0.271 e. The summed E-state index contributed by atoms with van der Waals surface area (Å²) in [7, 11) is 4.81. The van der Waals surface area contributed by atoms with E-state index in [0.717, 1.165) is 5.56 Å². The molecule has 0 aliphatic carbocycles. The van der Waals surface area contributed by atoms with Crippen molar-refractivity contribution in [2.24, 2.45) is 7.05 Å². The Morgan fingerprint density at radius 3 is 2.78 bits per heavy atom. The molecular formula is C18H19N3O4S2. The van der Waals surface area contributed by atoms with Crippen molar-refractivity contribution >= 4 is 39.2 Å². The van der Waals surface area contributed by atoms with Gasteiger partial charge in [-0.3, -0.25) is 14.2 Å². The number of hydrogen-bond donors (Lipinski definition) is 1. The van der Waals surface area contributed by atoms with Gasteiger partial charge in [0.25, 0.3) is 5.56 Å². The van der Waals surface area contributed by atoms with Crippen LogP contribution < -0.4 is 20.3 Å². The minimum absolute atomic E-state index is 0.0942. The Balaban J connectivity index is 1.60. The quantitative estimate of drug-likeness (QED) is 0.480. The molecule has 3 aromatic rings. The number of nitrogens with zero attached hydrogens (tertiary/aromatic N) is 2. The number of carbonyl (C=O) groups is 1. The van der Waals surface area contributed by atoms with Crippen LogP contribution in [0.15, 0.2) is 39.6 Å². The van der Waals surface area contributed by atoms with Crippen LogP contribution in [0.25, 0.3) is 10.2 Å². The summed E-state index contributed by atoms with van der Waals surface area (Å²) in [4.78, 5) is 28.9. The van der Waals surface area contributed by atoms with E-state index in [1.54, 1.807) is 27.3 Å². The van der Waals surface area contributed by atoms with Crippen molar-refractivity contribution in [3.05, 3.63) is 45.6 Å². The molecule has 0 radical (unpaired) electrons. The van der Waals surface area contributed by atoms with Crippen LogP contribution >= 0.6 is 23.1 Å². The summed E-state index contributed by atoms with van der Waals surface area (Å²) in [6, 6.07) is 7.29. The van der Waals surface area contributed by atoms with Crippen molar-refractivity contribution < 1.29 is 14.3 Å². The minimum Gasteiger partial charge on any atom is -0.493 e. The summed E-state index contributed by atoms with van der Waals surface area (Å²) < 4.78 is 12.6. The lowest BCUT2D eigenvalue weighted by Crippen LogP contribution is -2.25. The van der Waals surface area contributed by atoms with Crippen molar-refractivity contribution in [2.75, 3.05) is 20.0 Å². The van der Waals surface area contributed by atoms with Crippen molar-refractivity contribution in [1.29, 1.82) is 0 Å². The zero-order chi connectivity index (χ0) is 19.4. The van der Waals surface area contributed by atoms with Gasteiger partial charge < -0.3 is 14.8 Å². The minimum atomic E-state index is -0.144. The van der Waals surface area contributed by atoms with Crippen molar-refractivity contribution in [2.45, 2.75) is 11.7 Å². The molecule has 0 aliphatic heterocycles. The number of thioether (sulfide) groups is 1. The third-order valence-electron chi connectivity index (χ3n) is 3.92. The van der Waals surface area contributed by atoms with Crippen LogP contribution in [0.4, 0.5) is 0 Å². The highest BCUT2D eigenvalue weighted by Gasteiger charge is 2.12. The van der Waals surface area contributed by atoms with E-state index in [1.165, 1.54) is 27.7 Å². The lowest BCUT2D eigenvalue weighted by molar-refractivity contribution is -0.118. The number of fused-ring (bicyclic) bond motifs is 1. The fourth-order valence-corrected chi connectivity index (χ4v) is 4.08. The highest BCUT2D eigenvalue weighted by Crippen LogP contribution is 2.27. The van der Waals surface area contributed by atoms with Gasteiger partial charge in [0.05, 0.1) is 25.5 Å². The van der Waals surface area contributed by atoms with Crippen LogP contribution in [0.3, 0.4) is 0 Å². The number of ether oxygens (including phenoxy) is 2. The van der Waals surface area contributed by atoms with E-state index in [4.69, 9.17) is 9.47 Å². The van der Waals surface area contributed by atoms with E-state index >= 15 is 0 Å². The monoisotopic (exact) mass is 405 g/mol. The van der Waals surface area contributed by atoms with Gasteiger partial charge in [-0.05, 0) is 29.1 Å². The van der Waals surface area contributed by atoms with Gasteiger partial charge in [0.1, 0.15) is 4.70 Å². The van der Waals surface area contributed by atoms with Gasteiger partial charge in [-0.2, -0.15) is 0 Å². The maximum atomic E-state index is 12.3. The number of amides is 1. The standard InChI is InChI=1S/C18H19N3O4S2/c1-21-17(23)16-12(6-7-26-16)20-18(21)27-10-15(22)19-9-11-4-5-13(24-2)14(8-11)25-3/h4-8H,9-10H2,1-3H3,(H,19,22). The van der Waals surface area contributed by atoms with Gasteiger partial charge in [-0.15, -0.1) is 11.3 Å². The van der Waals surface area contributed by atoms with E-state index < -0.39 is 0 Å². The lowest BCUT2D eigenvalue weighted by Gasteiger charge is -2.10. The number of carbonyl (C=O) groups excluding carboxylic acids is 1. The van der Waals surface area contributed by atoms with Gasteiger partial charge in [0, 0.05) is 13.6 Å². The number of thiophene rings is 1. The molecule has 142 valence electrons. The molecule has 0 bridgehead atoms. The van der Waals surface area contributed by atoms with Gasteiger partial charge in [0.2, 0.25) is 5.91 Å². The van der Waals surface area contributed by atoms with Gasteiger partial charge in [-0.1, -0.05) is 17.8 Å². The molecule has 1 N–H and O–H groups in total. The highest BCUT2D eigenvalue weighted by molar-refractivity contribution is 7.99. The molecule has 3 rings (SSSR count). The molecule has 0 saturated heterocycles. The summed E-state index contributed by atoms with van der Waals surface area (Å²) >= 11 is 2.61. The van der Waals surface area contributed by atoms with Crippen LogP contribution in [-0.4, -0.2) is 35.4 Å². The molecule has 0 spiro atoms. The molecule has 0 unspecified atom stereocenters. The maximum absolute atomic E-state index is 12.3. The Hall–Kier alpha value is -2.52. The largest absolute Gasteiger partial charge is 0.493 e. The first-order chi connectivity index (χ1) is 13.0. The predicted molar refractivity (Wildman–Crippen MR) is 107 cm³/mol. The zero-order valence-corrected chi connectivity index (χ0v) is 16.8. The Kier molecular flexibility index (Phi) is 6.02. The summed E-state index contributed by atoms with van der Waals surface area (Å²) in [5.41, 5.74) is 1.47. The average Bonchev–Trinajstić information content (AvgIpc) is 3.16. The van der Waals surface area contributed by atoms with Crippen LogP contribution in [0.5, 0.6) is 11.5 Å². The Morgan fingerprint density at radius 1 is 1.26 bits per heavy atom. The lowest BCUT2D eigenvalue weighted by atomic mass is 10.2. The maximum Gasteiger partial charge on any atom is 0.271 e. The van der Waals surface area contributed by atoms with E-state index in [1.807, 2.05) is 23.6 Å². The fraction of sp³-hybridized carbons (Fsp3) is 0.278. The summed E-state index contributed by atoms with van der Waals surface area (Å²) in [6.07, 6.45) is 0. The van der Waals surface area contributed by atoms with E-state index in [0.29, 0.717) is 33.4 Å². The molecule has 0 aliphatic rings. The van der Waals surface area contributed by atoms with Gasteiger partial charge in [0.15, 0.2) is 16.7 Å². The molecule has 1 aromatic carbocycles. The van der Waals surface area contributed by atoms with Gasteiger partial charge >= 0.3 is 0 Å². The molecule has 7 nitrogen and oxygen atoms in total. The first-order valence-electron chi connectivity index (χ1n) is 8.08. The Morgan fingerprint density at radius 2 is 2.04 bits per heavy atom. The average molecular weight is 406 g/mol. The third-order valence-corrected chi connectivity index (χ3v) is 5.84. The number of nitrogens with one attached hydrogen (secondary N) is 1. The third kappa shape index (κ3) is 4.25. The molecule has 0 atom stereocenters. The van der Waals surface area contributed by atoms with Crippen LogP contribution in [0.1, 0.15) is 5.56 Å². The summed E-state index contributed by atoms with van der Waals surface area (Å²) in [6.45, 7) is 0.371. The second-order valence-electron chi connectivity index (χ2n) is 5.65. The van der Waals surface area contributed by atoms with E-state index in [9.17, 15) is 9.59 Å². The second kappa shape index (κ2) is 8.45. The topological polar surface area (TPSA) is 82.5 Å². The zero-order valence-electron chi connectivity index (χ0n) is 15.1. The van der Waals surface area contributed by atoms with E-state index in [-0.39, 0.29) is 17.2 Å².